The average Bonchev–Trinajstić information content (AvgIpc) is 1.82. The van der Waals surface area contributed by atoms with Crippen LogP contribution in [0.1, 0.15) is 13.8 Å². The van der Waals surface area contributed by atoms with Gasteiger partial charge in [-0.2, -0.15) is 0 Å². The van der Waals surface area contributed by atoms with Gasteiger partial charge in [-0.1, -0.05) is 0 Å². The van der Waals surface area contributed by atoms with Crippen molar-refractivity contribution in [3.05, 3.63) is 11.8 Å². The van der Waals surface area contributed by atoms with E-state index in [0.717, 1.165) is 0 Å². The molecule has 0 aliphatic rings. The molecule has 0 aromatic rings. The quantitative estimate of drug-likeness (QED) is 0.365. The van der Waals surface area contributed by atoms with E-state index < -0.39 is 5.97 Å². The first-order valence-electron chi connectivity index (χ1n) is 3.15. The normalized spacial score (nSPS) is 10.0. The van der Waals surface area contributed by atoms with Crippen LogP contribution in [0.5, 0.6) is 0 Å². The van der Waals surface area contributed by atoms with Crippen LogP contribution < -0.4 is 61.8 Å². The summed E-state index contributed by atoms with van der Waals surface area (Å²) in [5.74, 6) is -1.31. The Kier molecular flexibility index (Phi) is 9.81. The van der Waals surface area contributed by atoms with Crippen LogP contribution in [0.3, 0.4) is 0 Å². The predicted molar refractivity (Wildman–Crippen MR) is 37.4 cm³/mol. The Labute approximate surface area is 114 Å². The zero-order valence-corrected chi connectivity index (χ0v) is 10.6. The summed E-state index contributed by atoms with van der Waals surface area (Å²) in [6.07, 6.45) is 1.32. The Bertz CT molecular complexity index is 201. The summed E-state index contributed by atoms with van der Waals surface area (Å²) in [6, 6.07) is 0. The first-order chi connectivity index (χ1) is 5.02. The molecule has 1 N–H and O–H groups in total. The van der Waals surface area contributed by atoms with Crippen LogP contribution >= 0.6 is 0 Å². The zero-order valence-electron chi connectivity index (χ0n) is 7.51. The number of aliphatic carboxylic acids is 1. The molecule has 0 aromatic carbocycles. The molecular formula is C7H10KNO3. The molecule has 0 radical (unpaired) electrons. The van der Waals surface area contributed by atoms with Crippen molar-refractivity contribution in [1.82, 2.24) is 5.32 Å². The van der Waals surface area contributed by atoms with Gasteiger partial charge in [-0.25, -0.2) is 0 Å². The minimum absolute atomic E-state index is 0. The van der Waals surface area contributed by atoms with E-state index in [4.69, 9.17) is 0 Å². The van der Waals surface area contributed by atoms with Crippen molar-refractivity contribution in [3.63, 3.8) is 0 Å². The fraction of sp³-hybridized carbons (Fsp3) is 0.429. The molecule has 0 rings (SSSR count). The van der Waals surface area contributed by atoms with Crippen molar-refractivity contribution in [2.75, 3.05) is 6.54 Å². The maximum absolute atomic E-state index is 10.4. The van der Waals surface area contributed by atoms with E-state index in [1.165, 1.54) is 13.0 Å². The van der Waals surface area contributed by atoms with Crippen LogP contribution in [0, 0.1) is 0 Å². The number of nitrogens with one attached hydrogen (secondary N) is 1. The molecule has 0 saturated carbocycles. The van der Waals surface area contributed by atoms with Crippen LogP contribution in [-0.2, 0) is 9.59 Å². The number of carboxylic acid groups (broad SMARTS) is 1. The van der Waals surface area contributed by atoms with Gasteiger partial charge in [-0.05, 0) is 19.9 Å². The second kappa shape index (κ2) is 7.94. The Balaban J connectivity index is 0. The second-order valence-electron chi connectivity index (χ2n) is 2.16. The summed E-state index contributed by atoms with van der Waals surface area (Å²) >= 11 is 0. The van der Waals surface area contributed by atoms with Crippen LogP contribution in [-0.4, -0.2) is 18.3 Å². The van der Waals surface area contributed by atoms with Gasteiger partial charge in [-0.3, -0.25) is 4.79 Å². The average molecular weight is 195 g/mol. The van der Waals surface area contributed by atoms with E-state index in [1.54, 1.807) is 6.92 Å². The molecule has 0 saturated heterocycles. The summed E-state index contributed by atoms with van der Waals surface area (Å²) < 4.78 is 0. The van der Waals surface area contributed by atoms with E-state index in [2.05, 4.69) is 5.32 Å². The van der Waals surface area contributed by atoms with Crippen molar-refractivity contribution in [3.8, 4) is 0 Å². The summed E-state index contributed by atoms with van der Waals surface area (Å²) in [5.41, 5.74) is 0.529. The van der Waals surface area contributed by atoms with Crippen molar-refractivity contribution in [1.29, 1.82) is 0 Å². The van der Waals surface area contributed by atoms with Gasteiger partial charge in [0, 0.05) is 5.70 Å². The Hall–Kier alpha value is 0.316. The fourth-order valence-electron chi connectivity index (χ4n) is 0.568. The number of carbonyl (C=O) groups is 2. The van der Waals surface area contributed by atoms with Crippen molar-refractivity contribution in [2.45, 2.75) is 13.8 Å². The minimum Gasteiger partial charge on any atom is -0.548 e. The molecule has 62 valence electrons. The third kappa shape index (κ3) is 10.3. The van der Waals surface area contributed by atoms with Gasteiger partial charge in [0.2, 0.25) is 0 Å². The molecule has 5 heteroatoms. The number of hydrogen-bond acceptors (Lipinski definition) is 4. The number of hydrogen-bond donors (Lipinski definition) is 1. The first-order valence-corrected chi connectivity index (χ1v) is 3.15. The zero-order chi connectivity index (χ0) is 8.85. The van der Waals surface area contributed by atoms with Gasteiger partial charge in [0.05, 0.1) is 12.5 Å². The Morgan fingerprint density at radius 2 is 1.92 bits per heavy atom. The standard InChI is InChI=1S/C7H11NO3.K/c1-5(3-6(2)9)8-4-7(10)11;/h3,8H,4H2,1-2H3,(H,10,11);/q;+1/p-1/b5-3-;. The van der Waals surface area contributed by atoms with Crippen LogP contribution in [0.2, 0.25) is 0 Å². The third-order valence-electron chi connectivity index (χ3n) is 0.931. The van der Waals surface area contributed by atoms with E-state index in [0.29, 0.717) is 5.70 Å². The van der Waals surface area contributed by atoms with Crippen molar-refractivity contribution in [2.24, 2.45) is 0 Å². The number of ketones is 1. The van der Waals surface area contributed by atoms with Crippen molar-refractivity contribution < 1.29 is 66.1 Å². The predicted octanol–water partition coefficient (Wildman–Crippen LogP) is -4.18. The molecule has 0 aliphatic heterocycles. The summed E-state index contributed by atoms with van der Waals surface area (Å²) in [5, 5.41) is 12.4. The van der Waals surface area contributed by atoms with E-state index >= 15 is 0 Å². The summed E-state index contributed by atoms with van der Waals surface area (Å²) in [7, 11) is 0. The van der Waals surface area contributed by atoms with E-state index in [-0.39, 0.29) is 63.7 Å². The molecule has 0 aliphatic carbocycles. The van der Waals surface area contributed by atoms with Crippen LogP contribution in [0.15, 0.2) is 11.8 Å². The molecule has 0 heterocycles. The van der Waals surface area contributed by atoms with Crippen molar-refractivity contribution >= 4 is 11.8 Å². The Morgan fingerprint density at radius 1 is 1.42 bits per heavy atom. The first kappa shape index (κ1) is 14.8. The van der Waals surface area contributed by atoms with Gasteiger partial charge < -0.3 is 15.2 Å². The van der Waals surface area contributed by atoms with Gasteiger partial charge in [0.25, 0.3) is 0 Å². The van der Waals surface area contributed by atoms with Gasteiger partial charge >= 0.3 is 51.4 Å². The fourth-order valence-corrected chi connectivity index (χ4v) is 0.568. The summed E-state index contributed by atoms with van der Waals surface area (Å²) in [4.78, 5) is 20.3. The third-order valence-corrected chi connectivity index (χ3v) is 0.931. The van der Waals surface area contributed by atoms with Gasteiger partial charge in [0.1, 0.15) is 0 Å². The molecule has 0 aromatic heterocycles. The topological polar surface area (TPSA) is 69.2 Å². The molecule has 12 heavy (non-hydrogen) atoms. The Morgan fingerprint density at radius 3 is 2.25 bits per heavy atom. The molecule has 0 fully saturated rings. The number of allylic oxidation sites excluding steroid dienone is 2. The molecule has 0 amide bonds. The number of carboxylic acids is 1. The molecular weight excluding hydrogens is 185 g/mol. The molecule has 0 atom stereocenters. The van der Waals surface area contributed by atoms with Crippen LogP contribution in [0.25, 0.3) is 0 Å². The smallest absolute Gasteiger partial charge is 0.548 e. The second-order valence-corrected chi connectivity index (χ2v) is 2.16. The van der Waals surface area contributed by atoms with E-state index in [9.17, 15) is 14.7 Å². The van der Waals surface area contributed by atoms with Gasteiger partial charge in [0.15, 0.2) is 5.78 Å². The SMILES string of the molecule is CC(=O)/C=C(/C)NCC(=O)[O-].[K+]. The van der Waals surface area contributed by atoms with Gasteiger partial charge in [-0.15, -0.1) is 0 Å². The molecule has 0 spiro atoms. The maximum Gasteiger partial charge on any atom is 1.00 e. The molecule has 0 bridgehead atoms. The summed E-state index contributed by atoms with van der Waals surface area (Å²) in [6.45, 7) is 2.74. The number of rotatable bonds is 4. The molecule has 4 nitrogen and oxygen atoms in total. The van der Waals surface area contributed by atoms with Crippen LogP contribution in [0.4, 0.5) is 0 Å². The minimum atomic E-state index is -1.19. The number of carbonyl (C=O) groups excluding carboxylic acids is 2. The molecule has 0 unspecified atom stereocenters. The largest absolute Gasteiger partial charge is 1.00 e. The monoisotopic (exact) mass is 195 g/mol. The van der Waals surface area contributed by atoms with E-state index in [1.807, 2.05) is 0 Å². The maximum atomic E-state index is 10.4.